The molecule has 32 nitrogen and oxygen atoms in total. The van der Waals surface area contributed by atoms with Gasteiger partial charge in [-0.3, -0.25) is 49.0 Å². The van der Waals surface area contributed by atoms with Crippen LogP contribution in [0.25, 0.3) is 132 Å². The van der Waals surface area contributed by atoms with Crippen LogP contribution in [-0.4, -0.2) is 153 Å². The van der Waals surface area contributed by atoms with Crippen molar-refractivity contribution in [3.05, 3.63) is 349 Å². The first-order valence-electron chi connectivity index (χ1n) is 43.4. The van der Waals surface area contributed by atoms with Crippen molar-refractivity contribution in [3.63, 3.8) is 0 Å². The molecule has 0 saturated heterocycles. The number of anilines is 8. The van der Waals surface area contributed by atoms with E-state index in [4.69, 9.17) is 11.5 Å². The summed E-state index contributed by atoms with van der Waals surface area (Å²) in [6.07, 6.45) is 0. The normalized spacial score (nSPS) is 10.8. The van der Waals surface area contributed by atoms with Gasteiger partial charge >= 0.3 is 0 Å². The van der Waals surface area contributed by atoms with E-state index in [9.17, 15) is 49.0 Å². The lowest BCUT2D eigenvalue weighted by atomic mass is 10.0. The van der Waals surface area contributed by atoms with E-state index in [1.165, 1.54) is 17.8 Å². The number of aromatic nitrogens is 12. The number of nitrogen functional groups attached to an aromatic ring is 2. The van der Waals surface area contributed by atoms with Crippen LogP contribution < -0.4 is 74.2 Å². The summed E-state index contributed by atoms with van der Waals surface area (Å²) in [5.74, 6) is 0. The summed E-state index contributed by atoms with van der Waals surface area (Å²) in [6, 6.07) is 82.2. The molecular weight excluding hydrogens is 1690 g/mol. The highest BCUT2D eigenvalue weighted by Gasteiger charge is 2.24. The first-order chi connectivity index (χ1) is 64.7. The molecule has 32 heteroatoms. The molecule has 0 aliphatic heterocycles. The molecule has 0 radical (unpaired) electrons. The number of H-pyrrole nitrogens is 6. The standard InChI is InChI=1S/C18H18N4O3.C18H20N4O.C18H19N3O.C16H14N4O3.C16H16N4O.C16H15N3O/c1-3-21(4-2)15-10-9-12(11-16(15)22(24)25)17-13-7-5-6-8-14(13)18(23)20-19-17;1-3-22(4-2)12-9-10-15(16(19)11-12)17-13-7-5-6-8-14(13)18(23)21-20-17;1-3-21(4-2)14-11-9-13(10-12-14)17-15-7-5-6-8-16(15)18(22)20-19-17;1-19(2)13-8-7-10(9-14(13)20(22)23)15-11-5-3-4-6-12(11)16(21)18-17-15;1-20(2)14-8-7-10(9-13(14)17)15-11-5-3-4-6-12(11)16(21)19-18-15;1-19(2)12-9-7-11(8-10-12)15-13-5-3-4-6-14(13)16(20)18-17-15/h5-11H,3-4H2,1-2H3,(H,20,23);5-11H,3-4,19H2,1-2H3,(H,21,23);5-12H,3-4H2,1-2H3,(H,20,22);3-9H,1-2H3,(H,18,21);3-9H,17H2,1-2H3,(H,19,21);3-10H,1-2H3,(H,18,20). The van der Waals surface area contributed by atoms with Gasteiger partial charge in [-0.05, 0) is 145 Å². The Bertz CT molecular complexity index is 7700. The van der Waals surface area contributed by atoms with Gasteiger partial charge in [0.1, 0.15) is 17.1 Å². The molecule has 0 atom stereocenters. The summed E-state index contributed by atoms with van der Waals surface area (Å²) in [4.78, 5) is 105. The molecule has 0 bridgehead atoms. The van der Waals surface area contributed by atoms with Crippen molar-refractivity contribution in [2.75, 3.05) is 122 Å². The van der Waals surface area contributed by atoms with E-state index in [2.05, 4.69) is 123 Å². The summed E-state index contributed by atoms with van der Waals surface area (Å²) in [6.45, 7) is 17.6. The number of benzene rings is 12. The van der Waals surface area contributed by atoms with E-state index >= 15 is 0 Å². The lowest BCUT2D eigenvalue weighted by molar-refractivity contribution is -0.384. The highest BCUT2D eigenvalue weighted by molar-refractivity contribution is 6.00. The van der Waals surface area contributed by atoms with Gasteiger partial charge in [0.15, 0.2) is 0 Å². The Morgan fingerprint density at radius 1 is 0.261 bits per heavy atom. The van der Waals surface area contributed by atoms with E-state index < -0.39 is 4.92 Å². The van der Waals surface area contributed by atoms with Gasteiger partial charge in [0.05, 0.1) is 82.0 Å². The second-order valence-electron chi connectivity index (χ2n) is 31.4. The molecule has 6 aromatic heterocycles. The van der Waals surface area contributed by atoms with Crippen molar-refractivity contribution in [1.82, 2.24) is 61.2 Å². The molecule has 0 aliphatic carbocycles. The van der Waals surface area contributed by atoms with Gasteiger partial charge in [0.25, 0.3) is 44.7 Å². The second kappa shape index (κ2) is 42.7. The smallest absolute Gasteiger partial charge is 0.293 e. The van der Waals surface area contributed by atoms with E-state index in [1.807, 2.05) is 208 Å². The van der Waals surface area contributed by atoms with Gasteiger partial charge in [0, 0.05) is 182 Å². The van der Waals surface area contributed by atoms with Crippen LogP contribution in [-0.2, 0) is 0 Å². The third-order valence-electron chi connectivity index (χ3n) is 22.8. The fraction of sp³-hybridized carbons (Fsp3) is 0.176. The highest BCUT2D eigenvalue weighted by atomic mass is 16.6. The Kier molecular flexibility index (Phi) is 30.1. The minimum absolute atomic E-state index is 0.00965. The number of hydrogen-bond acceptors (Lipinski definition) is 24. The molecule has 0 aliphatic rings. The number of hydrogen-bond donors (Lipinski definition) is 8. The van der Waals surface area contributed by atoms with Crippen LogP contribution in [0.3, 0.4) is 0 Å². The number of nitro benzene ring substituents is 2. The van der Waals surface area contributed by atoms with Gasteiger partial charge in [-0.1, -0.05) is 152 Å². The average molecular weight is 1800 g/mol. The van der Waals surface area contributed by atoms with Gasteiger partial charge < -0.3 is 40.9 Å². The summed E-state index contributed by atoms with van der Waals surface area (Å²) < 4.78 is 0. The Balaban J connectivity index is 0.000000137. The van der Waals surface area contributed by atoms with Gasteiger partial charge in [-0.25, -0.2) is 30.6 Å². The molecule has 0 saturated carbocycles. The molecule has 18 rings (SSSR count). The molecule has 0 unspecified atom stereocenters. The fourth-order valence-corrected chi connectivity index (χ4v) is 15.8. The zero-order chi connectivity index (χ0) is 95.6. The Labute approximate surface area is 769 Å². The number of nitrogens with zero attached hydrogens (tertiary/aromatic N) is 14. The summed E-state index contributed by atoms with van der Waals surface area (Å²) in [7, 11) is 11.4. The van der Waals surface area contributed by atoms with Crippen LogP contribution in [0.4, 0.5) is 56.9 Å². The first kappa shape index (κ1) is 94.3. The SMILES string of the molecule is CCN(CC)c1ccc(-c2n[nH]c(=O)c3ccccc23)c(N)c1.CCN(CC)c1ccc(-c2n[nH]c(=O)c3ccccc23)cc1.CCN(CC)c1ccc(-c2n[nH]c(=O)c3ccccc23)cc1[N+](=O)[O-].CN(C)c1ccc(-c2n[nH]c(=O)c3ccccc23)cc1.CN(C)c1ccc(-c2n[nH]c(=O)c3ccccc23)cc1N.CN(C)c1ccc(-c2n[nH]c(=O)c3ccccc23)cc1[N+](=O)[O-]. The molecule has 0 spiro atoms. The summed E-state index contributed by atoms with van der Waals surface area (Å²) in [5, 5.41) is 71.3. The number of nitrogens with one attached hydrogen (secondary N) is 6. The Morgan fingerprint density at radius 3 is 0.813 bits per heavy atom. The first-order valence-corrected chi connectivity index (χ1v) is 43.4. The third kappa shape index (κ3) is 20.8. The maximum Gasteiger partial charge on any atom is 0.293 e. The predicted octanol–water partition coefficient (Wildman–Crippen LogP) is 17.3. The minimum atomic E-state index is -0.424. The lowest BCUT2D eigenvalue weighted by Gasteiger charge is -2.22. The molecule has 18 aromatic rings. The monoisotopic (exact) mass is 1790 g/mol. The van der Waals surface area contributed by atoms with Crippen LogP contribution in [0.1, 0.15) is 41.5 Å². The van der Waals surface area contributed by atoms with Crippen molar-refractivity contribution >= 4 is 122 Å². The fourth-order valence-electron chi connectivity index (χ4n) is 15.8. The third-order valence-corrected chi connectivity index (χ3v) is 22.8. The molecule has 6 heterocycles. The molecular formula is C102H102N22O10. The number of aromatic amines is 6. The Morgan fingerprint density at radius 2 is 0.515 bits per heavy atom. The number of nitrogens with two attached hydrogens (primary N) is 2. The molecule has 680 valence electrons. The van der Waals surface area contributed by atoms with E-state index in [0.29, 0.717) is 107 Å². The maximum absolute atomic E-state index is 11.9. The number of fused-ring (bicyclic) bond motifs is 6. The van der Waals surface area contributed by atoms with Crippen molar-refractivity contribution < 1.29 is 9.85 Å². The van der Waals surface area contributed by atoms with Crippen LogP contribution in [0.15, 0.2) is 296 Å². The molecule has 0 amide bonds. The second-order valence-corrected chi connectivity index (χ2v) is 31.4. The van der Waals surface area contributed by atoms with Crippen LogP contribution in [0.5, 0.6) is 0 Å². The zero-order valence-electron chi connectivity index (χ0n) is 76.1. The highest BCUT2D eigenvalue weighted by Crippen LogP contribution is 2.39. The lowest BCUT2D eigenvalue weighted by Crippen LogP contribution is -2.22. The average Bonchev–Trinajstić information content (AvgIpc) is 0.790. The maximum atomic E-state index is 11.9. The van der Waals surface area contributed by atoms with Crippen molar-refractivity contribution in [3.8, 4) is 67.5 Å². The summed E-state index contributed by atoms with van der Waals surface area (Å²) >= 11 is 0. The summed E-state index contributed by atoms with van der Waals surface area (Å²) in [5.41, 5.74) is 26.8. The minimum Gasteiger partial charge on any atom is -0.398 e. The molecule has 134 heavy (non-hydrogen) atoms. The largest absolute Gasteiger partial charge is 0.398 e. The topological polar surface area (TPSA) is 432 Å². The molecule has 10 N–H and O–H groups in total. The van der Waals surface area contributed by atoms with E-state index in [1.54, 1.807) is 97.9 Å². The van der Waals surface area contributed by atoms with Crippen molar-refractivity contribution in [2.24, 2.45) is 0 Å². The predicted molar refractivity (Wildman–Crippen MR) is 543 cm³/mol. The molecule has 12 aromatic carbocycles. The quantitative estimate of drug-likeness (QED) is 0.0200. The van der Waals surface area contributed by atoms with Gasteiger partial charge in [0.2, 0.25) is 0 Å². The number of rotatable bonds is 20. The van der Waals surface area contributed by atoms with Crippen LogP contribution in [0, 0.1) is 20.2 Å². The molecule has 0 fully saturated rings. The number of nitro groups is 2. The van der Waals surface area contributed by atoms with Crippen molar-refractivity contribution in [2.45, 2.75) is 41.5 Å². The van der Waals surface area contributed by atoms with Gasteiger partial charge in [-0.2, -0.15) is 30.6 Å². The van der Waals surface area contributed by atoms with Gasteiger partial charge in [-0.15, -0.1) is 0 Å². The van der Waals surface area contributed by atoms with Crippen LogP contribution >= 0.6 is 0 Å². The zero-order valence-corrected chi connectivity index (χ0v) is 76.1. The van der Waals surface area contributed by atoms with Crippen molar-refractivity contribution in [1.29, 1.82) is 0 Å². The van der Waals surface area contributed by atoms with E-state index in [-0.39, 0.29) is 49.7 Å². The van der Waals surface area contributed by atoms with Crippen LogP contribution in [0.2, 0.25) is 0 Å². The Hall–Kier alpha value is -17.3. The van der Waals surface area contributed by atoms with E-state index in [0.717, 1.165) is 104 Å².